The summed E-state index contributed by atoms with van der Waals surface area (Å²) in [6.45, 7) is 7.16. The van der Waals surface area contributed by atoms with E-state index in [0.29, 0.717) is 45.0 Å². The summed E-state index contributed by atoms with van der Waals surface area (Å²) in [6, 6.07) is 9.70. The van der Waals surface area contributed by atoms with E-state index in [2.05, 4.69) is 0 Å². The number of para-hydroxylation sites is 1. The highest BCUT2D eigenvalue weighted by molar-refractivity contribution is 6.06. The Morgan fingerprint density at radius 1 is 1.13 bits per heavy atom. The number of ether oxygens (including phenoxy) is 2. The van der Waals surface area contributed by atoms with Crippen molar-refractivity contribution < 1.29 is 19.1 Å². The number of amides is 2. The average molecular weight is 412 g/mol. The Morgan fingerprint density at radius 2 is 1.87 bits per heavy atom. The largest absolute Gasteiger partial charge is 0.378 e. The molecule has 7 nitrogen and oxygen atoms in total. The Kier molecular flexibility index (Phi) is 5.75. The van der Waals surface area contributed by atoms with Crippen LogP contribution in [0.1, 0.15) is 42.2 Å². The third-order valence-electron chi connectivity index (χ3n) is 6.18. The number of carbonyl (C=O) groups excluding carboxylic acids is 2. The molecule has 0 bridgehead atoms. The van der Waals surface area contributed by atoms with Crippen LogP contribution in [0.15, 0.2) is 30.3 Å². The van der Waals surface area contributed by atoms with Gasteiger partial charge < -0.3 is 19.3 Å². The van der Waals surface area contributed by atoms with Gasteiger partial charge in [0, 0.05) is 50.3 Å². The monoisotopic (exact) mass is 411 g/mol. The molecule has 1 atom stereocenters. The summed E-state index contributed by atoms with van der Waals surface area (Å²) in [4.78, 5) is 34.6. The lowest BCUT2D eigenvalue weighted by atomic mass is 9.98. The van der Waals surface area contributed by atoms with E-state index in [1.165, 1.54) is 0 Å². The van der Waals surface area contributed by atoms with Crippen molar-refractivity contribution in [3.63, 3.8) is 0 Å². The highest BCUT2D eigenvalue weighted by Crippen LogP contribution is 2.31. The van der Waals surface area contributed by atoms with Crippen LogP contribution in [0.3, 0.4) is 0 Å². The van der Waals surface area contributed by atoms with Gasteiger partial charge in [0.1, 0.15) is 5.60 Å². The first-order valence-corrected chi connectivity index (χ1v) is 10.5. The normalized spacial score (nSPS) is 20.0. The van der Waals surface area contributed by atoms with Gasteiger partial charge in [-0.25, -0.2) is 0 Å². The second-order valence-electron chi connectivity index (χ2n) is 8.47. The van der Waals surface area contributed by atoms with Crippen LogP contribution < -0.4 is 0 Å². The molecule has 1 aromatic carbocycles. The molecule has 2 saturated heterocycles. The molecule has 2 amide bonds. The van der Waals surface area contributed by atoms with Gasteiger partial charge in [-0.1, -0.05) is 18.2 Å². The molecule has 1 unspecified atom stereocenters. The highest BCUT2D eigenvalue weighted by atomic mass is 16.5. The smallest absolute Gasteiger partial charge is 0.254 e. The average Bonchev–Trinajstić information content (AvgIpc) is 3.28. The Hall–Kier alpha value is -2.51. The first-order chi connectivity index (χ1) is 14.4. The van der Waals surface area contributed by atoms with Crippen molar-refractivity contribution in [2.24, 2.45) is 0 Å². The Bertz CT molecular complexity index is 953. The maximum Gasteiger partial charge on any atom is 0.254 e. The van der Waals surface area contributed by atoms with E-state index in [1.807, 2.05) is 40.1 Å². The van der Waals surface area contributed by atoms with Crippen molar-refractivity contribution in [1.29, 1.82) is 0 Å². The zero-order valence-electron chi connectivity index (χ0n) is 17.9. The molecule has 0 aliphatic carbocycles. The summed E-state index contributed by atoms with van der Waals surface area (Å²) in [5, 5.41) is 0.865. The van der Waals surface area contributed by atoms with Crippen LogP contribution in [0.2, 0.25) is 0 Å². The van der Waals surface area contributed by atoms with Gasteiger partial charge in [0.15, 0.2) is 0 Å². The quantitative estimate of drug-likeness (QED) is 0.773. The molecule has 0 N–H and O–H groups in total. The standard InChI is InChI=1S/C23H29N3O4/c1-23(2,29-3)22(28)26-9-8-16(15-26)20-14-18(17-6-4-5-7-19(17)24-20)21(27)25-10-12-30-13-11-25/h4-7,14,16H,8-13,15H2,1-3H3. The fourth-order valence-electron chi connectivity index (χ4n) is 4.17. The molecular formula is C23H29N3O4. The molecule has 30 heavy (non-hydrogen) atoms. The van der Waals surface area contributed by atoms with Crippen LogP contribution in [0.25, 0.3) is 10.9 Å². The molecule has 2 aromatic rings. The van der Waals surface area contributed by atoms with E-state index >= 15 is 0 Å². The number of pyridine rings is 1. The van der Waals surface area contributed by atoms with Gasteiger partial charge in [-0.2, -0.15) is 0 Å². The molecule has 2 aliphatic heterocycles. The number of nitrogens with zero attached hydrogens (tertiary/aromatic N) is 3. The number of rotatable bonds is 4. The van der Waals surface area contributed by atoms with Crippen LogP contribution in [0, 0.1) is 0 Å². The number of benzene rings is 1. The SMILES string of the molecule is COC(C)(C)C(=O)N1CCC(c2cc(C(=O)N3CCOCC3)c3ccccc3n2)C1. The summed E-state index contributed by atoms with van der Waals surface area (Å²) in [5.74, 6) is 0.102. The summed E-state index contributed by atoms with van der Waals surface area (Å²) in [6.07, 6.45) is 0.821. The molecule has 7 heteroatoms. The Morgan fingerprint density at radius 3 is 2.60 bits per heavy atom. The van der Waals surface area contributed by atoms with Crippen molar-refractivity contribution in [3.05, 3.63) is 41.6 Å². The number of fused-ring (bicyclic) bond motifs is 1. The molecule has 3 heterocycles. The number of hydrogen-bond donors (Lipinski definition) is 0. The fourth-order valence-corrected chi connectivity index (χ4v) is 4.17. The van der Waals surface area contributed by atoms with E-state index in [0.717, 1.165) is 23.0 Å². The number of carbonyl (C=O) groups is 2. The third kappa shape index (κ3) is 3.91. The van der Waals surface area contributed by atoms with E-state index in [4.69, 9.17) is 14.5 Å². The maximum absolute atomic E-state index is 13.3. The molecular weight excluding hydrogens is 382 g/mol. The molecule has 0 radical (unpaired) electrons. The second kappa shape index (κ2) is 8.32. The van der Waals surface area contributed by atoms with Crippen LogP contribution in [0.4, 0.5) is 0 Å². The van der Waals surface area contributed by atoms with Crippen molar-refractivity contribution in [3.8, 4) is 0 Å². The van der Waals surface area contributed by atoms with Crippen LogP contribution in [-0.2, 0) is 14.3 Å². The minimum absolute atomic E-state index is 0.0158. The van der Waals surface area contributed by atoms with Crippen LogP contribution >= 0.6 is 0 Å². The van der Waals surface area contributed by atoms with Crippen molar-refractivity contribution in [2.75, 3.05) is 46.5 Å². The van der Waals surface area contributed by atoms with Crippen LogP contribution in [0.5, 0.6) is 0 Å². The highest BCUT2D eigenvalue weighted by Gasteiger charge is 2.37. The zero-order chi connectivity index (χ0) is 21.3. The summed E-state index contributed by atoms with van der Waals surface area (Å²) < 4.78 is 10.8. The van der Waals surface area contributed by atoms with E-state index in [9.17, 15) is 9.59 Å². The predicted octanol–water partition coefficient (Wildman–Crippen LogP) is 2.45. The first-order valence-electron chi connectivity index (χ1n) is 10.5. The third-order valence-corrected chi connectivity index (χ3v) is 6.18. The molecule has 2 fully saturated rings. The lowest BCUT2D eigenvalue weighted by Crippen LogP contribution is -2.45. The number of likely N-dealkylation sites (tertiary alicyclic amines) is 1. The van der Waals surface area contributed by atoms with Crippen molar-refractivity contribution in [1.82, 2.24) is 14.8 Å². The molecule has 0 saturated carbocycles. The van der Waals surface area contributed by atoms with Gasteiger partial charge in [-0.3, -0.25) is 14.6 Å². The van der Waals surface area contributed by atoms with Crippen molar-refractivity contribution in [2.45, 2.75) is 31.8 Å². The molecule has 2 aliphatic rings. The lowest BCUT2D eigenvalue weighted by molar-refractivity contribution is -0.149. The molecule has 160 valence electrons. The van der Waals surface area contributed by atoms with E-state index < -0.39 is 5.60 Å². The van der Waals surface area contributed by atoms with Gasteiger partial charge in [0.2, 0.25) is 0 Å². The van der Waals surface area contributed by atoms with Gasteiger partial charge in [0.05, 0.1) is 24.3 Å². The predicted molar refractivity (Wildman–Crippen MR) is 113 cm³/mol. The number of hydrogen-bond acceptors (Lipinski definition) is 5. The summed E-state index contributed by atoms with van der Waals surface area (Å²) in [7, 11) is 1.56. The van der Waals surface area contributed by atoms with Crippen LogP contribution in [-0.4, -0.2) is 78.7 Å². The van der Waals surface area contributed by atoms with Crippen molar-refractivity contribution >= 4 is 22.7 Å². The summed E-state index contributed by atoms with van der Waals surface area (Å²) >= 11 is 0. The minimum atomic E-state index is -0.844. The van der Waals surface area contributed by atoms with E-state index in [-0.39, 0.29) is 17.7 Å². The van der Waals surface area contributed by atoms with Gasteiger partial charge in [-0.05, 0) is 32.4 Å². The second-order valence-corrected chi connectivity index (χ2v) is 8.47. The van der Waals surface area contributed by atoms with Gasteiger partial charge in [0.25, 0.3) is 11.8 Å². The topological polar surface area (TPSA) is 72.0 Å². The molecule has 4 rings (SSSR count). The molecule has 1 aromatic heterocycles. The minimum Gasteiger partial charge on any atom is -0.378 e. The lowest BCUT2D eigenvalue weighted by Gasteiger charge is -2.28. The zero-order valence-corrected chi connectivity index (χ0v) is 17.9. The first kappa shape index (κ1) is 20.8. The van der Waals surface area contributed by atoms with Gasteiger partial charge >= 0.3 is 0 Å². The number of morpholine rings is 1. The Labute approximate surface area is 177 Å². The number of aromatic nitrogens is 1. The maximum atomic E-state index is 13.3. The summed E-state index contributed by atoms with van der Waals surface area (Å²) in [5.41, 5.74) is 1.52. The fraction of sp³-hybridized carbons (Fsp3) is 0.522. The Balaban J connectivity index is 1.64. The van der Waals surface area contributed by atoms with E-state index in [1.54, 1.807) is 21.0 Å². The number of methoxy groups -OCH3 is 1. The molecule has 0 spiro atoms. The van der Waals surface area contributed by atoms with Gasteiger partial charge in [-0.15, -0.1) is 0 Å².